The van der Waals surface area contributed by atoms with Gasteiger partial charge in [0.2, 0.25) is 5.91 Å². The first-order valence-electron chi connectivity index (χ1n) is 6.47. The Hall–Kier alpha value is -2.10. The second kappa shape index (κ2) is 4.23. The van der Waals surface area contributed by atoms with Gasteiger partial charge in [-0.3, -0.25) is 9.89 Å². The average Bonchev–Trinajstić information content (AvgIpc) is 2.81. The number of amides is 1. The Morgan fingerprint density at radius 1 is 1.42 bits per heavy atom. The maximum absolute atomic E-state index is 12.1. The second-order valence-corrected chi connectivity index (χ2v) is 5.79. The highest BCUT2D eigenvalue weighted by molar-refractivity contribution is 5.95. The molecule has 4 heteroatoms. The molecule has 1 aliphatic rings. The molecule has 1 aromatic carbocycles. The van der Waals surface area contributed by atoms with E-state index in [1.165, 1.54) is 0 Å². The summed E-state index contributed by atoms with van der Waals surface area (Å²) in [5.41, 5.74) is 2.96. The second-order valence-electron chi connectivity index (χ2n) is 5.79. The zero-order valence-corrected chi connectivity index (χ0v) is 11.1. The quantitative estimate of drug-likeness (QED) is 0.885. The summed E-state index contributed by atoms with van der Waals surface area (Å²) in [6, 6.07) is 9.70. The van der Waals surface area contributed by atoms with Gasteiger partial charge in [0.1, 0.15) is 0 Å². The minimum absolute atomic E-state index is 0.117. The van der Waals surface area contributed by atoms with E-state index < -0.39 is 0 Å². The van der Waals surface area contributed by atoms with Crippen molar-refractivity contribution in [3.05, 3.63) is 36.5 Å². The van der Waals surface area contributed by atoms with Gasteiger partial charge >= 0.3 is 0 Å². The number of anilines is 1. The molecule has 0 aliphatic heterocycles. The van der Waals surface area contributed by atoms with Crippen LogP contribution in [0.3, 0.4) is 0 Å². The third kappa shape index (κ3) is 2.38. The summed E-state index contributed by atoms with van der Waals surface area (Å²) in [6.07, 6.45) is 2.69. The van der Waals surface area contributed by atoms with Crippen LogP contribution in [0.1, 0.15) is 20.3 Å². The molecule has 19 heavy (non-hydrogen) atoms. The third-order valence-electron chi connectivity index (χ3n) is 3.77. The fraction of sp³-hybridized carbons (Fsp3) is 0.333. The summed E-state index contributed by atoms with van der Waals surface area (Å²) < 4.78 is 0. The number of benzene rings is 1. The van der Waals surface area contributed by atoms with E-state index in [1.807, 2.05) is 30.3 Å². The van der Waals surface area contributed by atoms with E-state index in [1.54, 1.807) is 6.20 Å². The molecule has 1 fully saturated rings. The van der Waals surface area contributed by atoms with E-state index in [2.05, 4.69) is 29.4 Å². The summed E-state index contributed by atoms with van der Waals surface area (Å²) in [5.74, 6) is 0.259. The molecule has 0 saturated heterocycles. The summed E-state index contributed by atoms with van der Waals surface area (Å²) in [7, 11) is 0. The van der Waals surface area contributed by atoms with E-state index in [0.29, 0.717) is 0 Å². The van der Waals surface area contributed by atoms with E-state index in [0.717, 1.165) is 23.4 Å². The highest BCUT2D eigenvalue weighted by atomic mass is 16.2. The van der Waals surface area contributed by atoms with Gasteiger partial charge in [0, 0.05) is 23.4 Å². The van der Waals surface area contributed by atoms with Gasteiger partial charge < -0.3 is 5.32 Å². The summed E-state index contributed by atoms with van der Waals surface area (Å²) in [4.78, 5) is 12.1. The summed E-state index contributed by atoms with van der Waals surface area (Å²) >= 11 is 0. The normalized spacial score (nSPS) is 20.0. The van der Waals surface area contributed by atoms with Gasteiger partial charge in [-0.2, -0.15) is 5.10 Å². The van der Waals surface area contributed by atoms with Gasteiger partial charge in [-0.15, -0.1) is 0 Å². The Morgan fingerprint density at radius 2 is 2.21 bits per heavy atom. The van der Waals surface area contributed by atoms with Gasteiger partial charge in [0.25, 0.3) is 0 Å². The summed E-state index contributed by atoms with van der Waals surface area (Å²) in [6.45, 7) is 4.25. The van der Waals surface area contributed by atoms with Crippen molar-refractivity contribution in [3.63, 3.8) is 0 Å². The molecular formula is C15H17N3O. The minimum atomic E-state index is 0.117. The monoisotopic (exact) mass is 255 g/mol. The Bertz CT molecular complexity index is 602. The fourth-order valence-corrected chi connectivity index (χ4v) is 2.33. The van der Waals surface area contributed by atoms with Crippen molar-refractivity contribution in [2.45, 2.75) is 20.3 Å². The van der Waals surface area contributed by atoms with Crippen molar-refractivity contribution in [3.8, 4) is 11.3 Å². The van der Waals surface area contributed by atoms with Gasteiger partial charge in [-0.25, -0.2) is 0 Å². The average molecular weight is 255 g/mol. The molecule has 1 aromatic heterocycles. The number of nitrogens with zero attached hydrogens (tertiary/aromatic N) is 1. The topological polar surface area (TPSA) is 57.8 Å². The van der Waals surface area contributed by atoms with Crippen LogP contribution in [0.4, 0.5) is 5.69 Å². The Labute approximate surface area is 112 Å². The molecule has 0 bridgehead atoms. The Balaban J connectivity index is 1.76. The van der Waals surface area contributed by atoms with Crippen molar-refractivity contribution < 1.29 is 4.79 Å². The van der Waals surface area contributed by atoms with Crippen molar-refractivity contribution in [2.75, 3.05) is 5.32 Å². The number of carbonyl (C=O) groups excluding carboxylic acids is 1. The fourth-order valence-electron chi connectivity index (χ4n) is 2.33. The molecule has 1 saturated carbocycles. The highest BCUT2D eigenvalue weighted by Gasteiger charge is 2.50. The first kappa shape index (κ1) is 12.0. The van der Waals surface area contributed by atoms with Gasteiger partial charge in [-0.1, -0.05) is 26.0 Å². The minimum Gasteiger partial charge on any atom is -0.326 e. The maximum Gasteiger partial charge on any atom is 0.228 e. The maximum atomic E-state index is 12.1. The number of rotatable bonds is 3. The van der Waals surface area contributed by atoms with Crippen LogP contribution in [-0.2, 0) is 4.79 Å². The lowest BCUT2D eigenvalue weighted by atomic mass is 10.1. The van der Waals surface area contributed by atoms with Crippen LogP contribution in [-0.4, -0.2) is 16.1 Å². The molecule has 1 unspecified atom stereocenters. The molecule has 2 aromatic rings. The molecule has 1 amide bonds. The molecule has 4 nitrogen and oxygen atoms in total. The van der Waals surface area contributed by atoms with Crippen LogP contribution in [0.2, 0.25) is 0 Å². The predicted molar refractivity (Wildman–Crippen MR) is 74.5 cm³/mol. The molecule has 2 N–H and O–H groups in total. The number of H-pyrrole nitrogens is 1. The molecule has 1 aliphatic carbocycles. The number of aromatic amines is 1. The zero-order valence-electron chi connectivity index (χ0n) is 11.1. The standard InChI is InChI=1S/C15H17N3O/c1-15(2)9-12(15)14(19)17-11-5-3-4-10(8-11)13-6-7-16-18-13/h3-8,12H,9H2,1-2H3,(H,16,18)(H,17,19). The van der Waals surface area contributed by atoms with Crippen LogP contribution in [0.5, 0.6) is 0 Å². The van der Waals surface area contributed by atoms with Crippen LogP contribution in [0.15, 0.2) is 36.5 Å². The van der Waals surface area contributed by atoms with Gasteiger partial charge in [0.05, 0.1) is 5.69 Å². The van der Waals surface area contributed by atoms with Crippen molar-refractivity contribution >= 4 is 11.6 Å². The first-order valence-corrected chi connectivity index (χ1v) is 6.47. The molecule has 1 heterocycles. The van der Waals surface area contributed by atoms with Crippen LogP contribution < -0.4 is 5.32 Å². The molecule has 1 atom stereocenters. The molecule has 3 rings (SSSR count). The number of hydrogen-bond donors (Lipinski definition) is 2. The van der Waals surface area contributed by atoms with Crippen molar-refractivity contribution in [1.82, 2.24) is 10.2 Å². The number of nitrogens with one attached hydrogen (secondary N) is 2. The van der Waals surface area contributed by atoms with Crippen LogP contribution in [0.25, 0.3) is 11.3 Å². The zero-order chi connectivity index (χ0) is 13.5. The highest BCUT2D eigenvalue weighted by Crippen LogP contribution is 2.52. The largest absolute Gasteiger partial charge is 0.326 e. The molecular weight excluding hydrogens is 238 g/mol. The Kier molecular flexibility index (Phi) is 2.66. The molecule has 0 spiro atoms. The molecule has 0 radical (unpaired) electrons. The summed E-state index contributed by atoms with van der Waals surface area (Å²) in [5, 5.41) is 9.84. The van der Waals surface area contributed by atoms with Crippen LogP contribution in [0, 0.1) is 11.3 Å². The van der Waals surface area contributed by atoms with Crippen molar-refractivity contribution in [1.29, 1.82) is 0 Å². The molecule has 98 valence electrons. The first-order chi connectivity index (χ1) is 9.06. The Morgan fingerprint density at radius 3 is 2.84 bits per heavy atom. The lowest BCUT2D eigenvalue weighted by molar-refractivity contribution is -0.117. The van der Waals surface area contributed by atoms with Crippen molar-refractivity contribution in [2.24, 2.45) is 11.3 Å². The van der Waals surface area contributed by atoms with Crippen LogP contribution >= 0.6 is 0 Å². The lowest BCUT2D eigenvalue weighted by Crippen LogP contribution is -2.16. The SMILES string of the molecule is CC1(C)CC1C(=O)Nc1cccc(-c2ccn[nH]2)c1. The predicted octanol–water partition coefficient (Wildman–Crippen LogP) is 3.06. The van der Waals surface area contributed by atoms with E-state index >= 15 is 0 Å². The lowest BCUT2D eigenvalue weighted by Gasteiger charge is -2.07. The number of aromatic nitrogens is 2. The van der Waals surface area contributed by atoms with Gasteiger partial charge in [-0.05, 0) is 30.0 Å². The van der Waals surface area contributed by atoms with E-state index in [-0.39, 0.29) is 17.2 Å². The van der Waals surface area contributed by atoms with E-state index in [4.69, 9.17) is 0 Å². The number of hydrogen-bond acceptors (Lipinski definition) is 2. The third-order valence-corrected chi connectivity index (χ3v) is 3.77. The van der Waals surface area contributed by atoms with Gasteiger partial charge in [0.15, 0.2) is 0 Å². The smallest absolute Gasteiger partial charge is 0.228 e. The number of carbonyl (C=O) groups is 1. The van der Waals surface area contributed by atoms with E-state index in [9.17, 15) is 4.79 Å².